The summed E-state index contributed by atoms with van der Waals surface area (Å²) in [5, 5.41) is 0. The Morgan fingerprint density at radius 1 is 0.957 bits per heavy atom. The second-order valence-electron chi connectivity index (χ2n) is 7.00. The van der Waals surface area contributed by atoms with Crippen molar-refractivity contribution in [1.82, 2.24) is 0 Å². The van der Waals surface area contributed by atoms with Crippen LogP contribution in [0, 0.1) is 5.92 Å². The van der Waals surface area contributed by atoms with Gasteiger partial charge < -0.3 is 4.74 Å². The average molecular weight is 319 g/mol. The first-order valence-electron chi connectivity index (χ1n) is 9.30. The molecule has 0 heterocycles. The highest BCUT2D eigenvalue weighted by Gasteiger charge is 2.16. The average Bonchev–Trinajstić information content (AvgIpc) is 2.53. The van der Waals surface area contributed by atoms with Gasteiger partial charge in [0.2, 0.25) is 0 Å². The summed E-state index contributed by atoms with van der Waals surface area (Å²) < 4.78 is 5.42. The number of benzene rings is 1. The zero-order valence-electron chi connectivity index (χ0n) is 15.4. The topological polar surface area (TPSA) is 26.3 Å². The Hall–Kier alpha value is -1.31. The second-order valence-corrected chi connectivity index (χ2v) is 7.00. The third kappa shape index (κ3) is 8.20. The van der Waals surface area contributed by atoms with Crippen LogP contribution in [0.15, 0.2) is 24.3 Å². The molecule has 0 amide bonds. The highest BCUT2D eigenvalue weighted by atomic mass is 16.5. The SMILES string of the molecule is CCCCCCCCOC(=O)[C@@H](C)c1ccc(CC(C)C)cc1. The second kappa shape index (κ2) is 11.3. The quantitative estimate of drug-likeness (QED) is 0.375. The summed E-state index contributed by atoms with van der Waals surface area (Å²) in [6.45, 7) is 9.15. The molecule has 0 saturated carbocycles. The van der Waals surface area contributed by atoms with Crippen molar-refractivity contribution in [1.29, 1.82) is 0 Å². The van der Waals surface area contributed by atoms with E-state index in [9.17, 15) is 4.79 Å². The van der Waals surface area contributed by atoms with Crippen LogP contribution in [0.2, 0.25) is 0 Å². The maximum absolute atomic E-state index is 12.1. The van der Waals surface area contributed by atoms with Gasteiger partial charge >= 0.3 is 5.97 Å². The summed E-state index contributed by atoms with van der Waals surface area (Å²) in [6, 6.07) is 8.39. The van der Waals surface area contributed by atoms with Crippen molar-refractivity contribution < 1.29 is 9.53 Å². The van der Waals surface area contributed by atoms with Gasteiger partial charge in [0.05, 0.1) is 12.5 Å². The van der Waals surface area contributed by atoms with Gasteiger partial charge in [-0.15, -0.1) is 0 Å². The lowest BCUT2D eigenvalue weighted by atomic mass is 9.97. The lowest BCUT2D eigenvalue weighted by Gasteiger charge is -2.13. The van der Waals surface area contributed by atoms with Gasteiger partial charge in [-0.25, -0.2) is 0 Å². The van der Waals surface area contributed by atoms with Gasteiger partial charge in [0.15, 0.2) is 0 Å². The van der Waals surface area contributed by atoms with Crippen LogP contribution >= 0.6 is 0 Å². The predicted octanol–water partition coefficient (Wildman–Crippen LogP) is 5.89. The van der Waals surface area contributed by atoms with Crippen molar-refractivity contribution in [3.8, 4) is 0 Å². The Morgan fingerprint density at radius 3 is 2.17 bits per heavy atom. The lowest BCUT2D eigenvalue weighted by molar-refractivity contribution is -0.145. The Bertz CT molecular complexity index is 434. The first kappa shape index (κ1) is 19.7. The number of carbonyl (C=O) groups is 1. The molecule has 0 aliphatic carbocycles. The van der Waals surface area contributed by atoms with Crippen LogP contribution in [0.1, 0.15) is 83.3 Å². The lowest BCUT2D eigenvalue weighted by Crippen LogP contribution is -2.14. The molecule has 1 aromatic carbocycles. The minimum absolute atomic E-state index is 0.102. The Morgan fingerprint density at radius 2 is 1.57 bits per heavy atom. The molecule has 0 bridgehead atoms. The molecule has 2 nitrogen and oxygen atoms in total. The highest BCUT2D eigenvalue weighted by molar-refractivity contribution is 5.77. The molecular weight excluding hydrogens is 284 g/mol. The van der Waals surface area contributed by atoms with Gasteiger partial charge in [0.1, 0.15) is 0 Å². The predicted molar refractivity (Wildman–Crippen MR) is 97.7 cm³/mol. The van der Waals surface area contributed by atoms with Crippen molar-refractivity contribution in [2.45, 2.75) is 78.6 Å². The molecule has 1 rings (SSSR count). The molecule has 0 unspecified atom stereocenters. The summed E-state index contributed by atoms with van der Waals surface area (Å²) in [7, 11) is 0. The number of ether oxygens (including phenoxy) is 1. The van der Waals surface area contributed by atoms with E-state index in [0.717, 1.165) is 24.8 Å². The minimum atomic E-state index is -0.178. The normalized spacial score (nSPS) is 12.4. The molecule has 0 radical (unpaired) electrons. The smallest absolute Gasteiger partial charge is 0.313 e. The van der Waals surface area contributed by atoms with Gasteiger partial charge in [-0.05, 0) is 36.8 Å². The summed E-state index contributed by atoms with van der Waals surface area (Å²) in [4.78, 5) is 12.1. The van der Waals surface area contributed by atoms with Gasteiger partial charge in [0.25, 0.3) is 0 Å². The Kier molecular flexibility index (Phi) is 9.66. The molecule has 2 heteroatoms. The maximum Gasteiger partial charge on any atom is 0.313 e. The monoisotopic (exact) mass is 318 g/mol. The number of hydrogen-bond donors (Lipinski definition) is 0. The van der Waals surface area contributed by atoms with Crippen molar-refractivity contribution >= 4 is 5.97 Å². The molecule has 0 aromatic heterocycles. The van der Waals surface area contributed by atoms with E-state index in [0.29, 0.717) is 12.5 Å². The number of carbonyl (C=O) groups excluding carboxylic acids is 1. The van der Waals surface area contributed by atoms with E-state index in [2.05, 4.69) is 45.0 Å². The van der Waals surface area contributed by atoms with Crippen LogP contribution in [0.25, 0.3) is 0 Å². The fourth-order valence-electron chi connectivity index (χ4n) is 2.73. The largest absolute Gasteiger partial charge is 0.465 e. The van der Waals surface area contributed by atoms with E-state index in [-0.39, 0.29) is 11.9 Å². The molecule has 0 aliphatic rings. The summed E-state index contributed by atoms with van der Waals surface area (Å²) in [6.07, 6.45) is 8.34. The van der Waals surface area contributed by atoms with Crippen molar-refractivity contribution in [3.05, 3.63) is 35.4 Å². The molecule has 0 spiro atoms. The number of esters is 1. The molecule has 0 N–H and O–H groups in total. The van der Waals surface area contributed by atoms with Crippen LogP contribution in [0.3, 0.4) is 0 Å². The van der Waals surface area contributed by atoms with E-state index in [1.807, 2.05) is 6.92 Å². The van der Waals surface area contributed by atoms with Crippen LogP contribution in [-0.2, 0) is 16.0 Å². The van der Waals surface area contributed by atoms with Crippen molar-refractivity contribution in [2.75, 3.05) is 6.61 Å². The van der Waals surface area contributed by atoms with E-state index in [4.69, 9.17) is 4.74 Å². The van der Waals surface area contributed by atoms with Crippen molar-refractivity contribution in [3.63, 3.8) is 0 Å². The van der Waals surface area contributed by atoms with Crippen LogP contribution in [0.4, 0.5) is 0 Å². The van der Waals surface area contributed by atoms with Crippen molar-refractivity contribution in [2.24, 2.45) is 5.92 Å². The molecule has 23 heavy (non-hydrogen) atoms. The van der Waals surface area contributed by atoms with E-state index in [1.165, 1.54) is 31.2 Å². The van der Waals surface area contributed by atoms with Crippen LogP contribution in [0.5, 0.6) is 0 Å². The minimum Gasteiger partial charge on any atom is -0.465 e. The highest BCUT2D eigenvalue weighted by Crippen LogP contribution is 2.19. The van der Waals surface area contributed by atoms with Gasteiger partial charge in [-0.1, -0.05) is 77.1 Å². The zero-order valence-corrected chi connectivity index (χ0v) is 15.4. The summed E-state index contributed by atoms with van der Waals surface area (Å²) in [5.74, 6) is 0.374. The molecule has 0 fully saturated rings. The van der Waals surface area contributed by atoms with Gasteiger partial charge in [-0.3, -0.25) is 4.79 Å². The molecule has 0 saturated heterocycles. The van der Waals surface area contributed by atoms with Gasteiger partial charge in [0, 0.05) is 0 Å². The Balaban J connectivity index is 2.30. The first-order valence-corrected chi connectivity index (χ1v) is 9.30. The van der Waals surface area contributed by atoms with E-state index < -0.39 is 0 Å². The van der Waals surface area contributed by atoms with E-state index >= 15 is 0 Å². The standard InChI is InChI=1S/C21H34O2/c1-5-6-7-8-9-10-15-23-21(22)18(4)20-13-11-19(12-14-20)16-17(2)3/h11-14,17-18H,5-10,15-16H2,1-4H3/t18-/m0/s1. The fourth-order valence-corrected chi connectivity index (χ4v) is 2.73. The zero-order chi connectivity index (χ0) is 17.1. The van der Waals surface area contributed by atoms with E-state index in [1.54, 1.807) is 0 Å². The number of unbranched alkanes of at least 4 members (excludes halogenated alkanes) is 5. The van der Waals surface area contributed by atoms with Crippen LogP contribution < -0.4 is 0 Å². The molecular formula is C21H34O2. The number of hydrogen-bond acceptors (Lipinski definition) is 2. The molecule has 1 atom stereocenters. The maximum atomic E-state index is 12.1. The van der Waals surface area contributed by atoms with Crippen LogP contribution in [-0.4, -0.2) is 12.6 Å². The fraction of sp³-hybridized carbons (Fsp3) is 0.667. The Labute approximate surface area is 142 Å². The number of rotatable bonds is 11. The molecule has 0 aliphatic heterocycles. The third-order valence-electron chi connectivity index (χ3n) is 4.22. The van der Waals surface area contributed by atoms with Gasteiger partial charge in [-0.2, -0.15) is 0 Å². The third-order valence-corrected chi connectivity index (χ3v) is 4.22. The molecule has 130 valence electrons. The first-order chi connectivity index (χ1) is 11.0. The molecule has 1 aromatic rings. The summed E-state index contributed by atoms with van der Waals surface area (Å²) in [5.41, 5.74) is 2.38. The summed E-state index contributed by atoms with van der Waals surface area (Å²) >= 11 is 0.